The molecule has 8 nitrogen and oxygen atoms in total. The molecule has 0 atom stereocenters. The molecular formula is C19H18F3N7O. The first-order chi connectivity index (χ1) is 14.4. The van der Waals surface area contributed by atoms with E-state index in [2.05, 4.69) is 20.3 Å². The number of piperazine rings is 1. The quantitative estimate of drug-likeness (QED) is 0.646. The zero-order chi connectivity index (χ0) is 21.1. The van der Waals surface area contributed by atoms with E-state index in [4.69, 9.17) is 0 Å². The largest absolute Gasteiger partial charge is 0.416 e. The average molecular weight is 417 g/mol. The highest BCUT2D eigenvalue weighted by molar-refractivity contribution is 5.79. The van der Waals surface area contributed by atoms with Crippen LogP contribution in [0.4, 0.5) is 19.0 Å². The number of benzene rings is 1. The molecule has 1 aliphatic heterocycles. The van der Waals surface area contributed by atoms with Crippen LogP contribution in [0.2, 0.25) is 0 Å². The van der Waals surface area contributed by atoms with Crippen LogP contribution in [-0.2, 0) is 17.4 Å². The first-order valence-electron chi connectivity index (χ1n) is 9.28. The molecule has 3 aromatic rings. The maximum Gasteiger partial charge on any atom is 0.416 e. The van der Waals surface area contributed by atoms with Crippen molar-refractivity contribution in [2.75, 3.05) is 31.1 Å². The number of nitrogens with zero attached hydrogens (tertiary/aromatic N) is 7. The molecule has 1 amide bonds. The van der Waals surface area contributed by atoms with Crippen molar-refractivity contribution in [2.45, 2.75) is 12.6 Å². The van der Waals surface area contributed by atoms with Crippen LogP contribution in [0, 0.1) is 0 Å². The maximum absolute atomic E-state index is 12.6. The molecule has 0 bridgehead atoms. The Kier molecular flexibility index (Phi) is 5.34. The van der Waals surface area contributed by atoms with Gasteiger partial charge in [0.25, 0.3) is 0 Å². The Balaban J connectivity index is 1.31. The van der Waals surface area contributed by atoms with Crippen LogP contribution >= 0.6 is 0 Å². The number of amides is 1. The summed E-state index contributed by atoms with van der Waals surface area (Å²) >= 11 is 0. The Morgan fingerprint density at radius 2 is 1.60 bits per heavy atom. The third-order valence-corrected chi connectivity index (χ3v) is 4.88. The number of carbonyl (C=O) groups is 1. The second-order valence-electron chi connectivity index (χ2n) is 6.83. The van der Waals surface area contributed by atoms with Crippen molar-refractivity contribution in [3.63, 3.8) is 0 Å². The summed E-state index contributed by atoms with van der Waals surface area (Å²) in [6, 6.07) is 8.33. The van der Waals surface area contributed by atoms with Crippen molar-refractivity contribution >= 4 is 11.7 Å². The fourth-order valence-electron chi connectivity index (χ4n) is 3.22. The van der Waals surface area contributed by atoms with Crippen molar-refractivity contribution in [2.24, 2.45) is 0 Å². The van der Waals surface area contributed by atoms with E-state index >= 15 is 0 Å². The third-order valence-electron chi connectivity index (χ3n) is 4.88. The molecule has 2 aromatic heterocycles. The molecule has 156 valence electrons. The SMILES string of the molecule is O=C(Cc1ccc(C(F)(F)F)cc1)N1CCN(c2ccc(-n3cncn3)nn2)CC1. The van der Waals surface area contributed by atoms with Gasteiger partial charge in [0.2, 0.25) is 5.91 Å². The predicted octanol–water partition coefficient (Wildman–Crippen LogP) is 1.97. The second kappa shape index (κ2) is 8.09. The molecule has 11 heteroatoms. The van der Waals surface area contributed by atoms with Crippen molar-refractivity contribution in [3.05, 3.63) is 60.2 Å². The highest BCUT2D eigenvalue weighted by atomic mass is 19.4. The number of anilines is 1. The molecule has 4 rings (SSSR count). The van der Waals surface area contributed by atoms with Crippen LogP contribution in [0.3, 0.4) is 0 Å². The summed E-state index contributed by atoms with van der Waals surface area (Å²) in [4.78, 5) is 20.1. The Hall–Kier alpha value is -3.50. The molecule has 1 aliphatic rings. The predicted molar refractivity (Wildman–Crippen MR) is 101 cm³/mol. The monoisotopic (exact) mass is 417 g/mol. The van der Waals surface area contributed by atoms with Crippen LogP contribution < -0.4 is 4.90 Å². The van der Waals surface area contributed by atoms with Crippen LogP contribution in [0.25, 0.3) is 5.82 Å². The van der Waals surface area contributed by atoms with Gasteiger partial charge in [0, 0.05) is 26.2 Å². The molecule has 1 fully saturated rings. The molecule has 1 saturated heterocycles. The zero-order valence-electron chi connectivity index (χ0n) is 15.8. The van der Waals surface area contributed by atoms with E-state index in [0.29, 0.717) is 43.4 Å². The van der Waals surface area contributed by atoms with Crippen LogP contribution in [-0.4, -0.2) is 61.9 Å². The molecule has 0 radical (unpaired) electrons. The minimum absolute atomic E-state index is 0.0740. The van der Waals surface area contributed by atoms with Gasteiger partial charge >= 0.3 is 6.18 Å². The van der Waals surface area contributed by atoms with Crippen molar-refractivity contribution in [1.29, 1.82) is 0 Å². The lowest BCUT2D eigenvalue weighted by Crippen LogP contribution is -2.49. The summed E-state index contributed by atoms with van der Waals surface area (Å²) < 4.78 is 39.4. The molecule has 0 spiro atoms. The van der Waals surface area contributed by atoms with Gasteiger partial charge in [-0.2, -0.15) is 18.3 Å². The number of hydrogen-bond donors (Lipinski definition) is 0. The van der Waals surface area contributed by atoms with Crippen LogP contribution in [0.1, 0.15) is 11.1 Å². The highest BCUT2D eigenvalue weighted by Crippen LogP contribution is 2.29. The van der Waals surface area contributed by atoms with Gasteiger partial charge in [0.05, 0.1) is 12.0 Å². The van der Waals surface area contributed by atoms with Crippen molar-refractivity contribution in [3.8, 4) is 5.82 Å². The molecule has 0 aliphatic carbocycles. The van der Waals surface area contributed by atoms with Gasteiger partial charge in [-0.3, -0.25) is 4.79 Å². The van der Waals surface area contributed by atoms with E-state index in [-0.39, 0.29) is 12.3 Å². The molecule has 0 unspecified atom stereocenters. The summed E-state index contributed by atoms with van der Waals surface area (Å²) in [6.45, 7) is 2.20. The minimum Gasteiger partial charge on any atom is -0.352 e. The Morgan fingerprint density at radius 1 is 0.933 bits per heavy atom. The molecule has 3 heterocycles. The topological polar surface area (TPSA) is 80.0 Å². The van der Waals surface area contributed by atoms with E-state index < -0.39 is 11.7 Å². The third kappa shape index (κ3) is 4.39. The summed E-state index contributed by atoms with van der Waals surface area (Å²) in [6.07, 6.45) is -1.36. The smallest absolute Gasteiger partial charge is 0.352 e. The first-order valence-corrected chi connectivity index (χ1v) is 9.28. The number of carbonyl (C=O) groups excluding carboxylic acids is 1. The van der Waals surface area contributed by atoms with Crippen molar-refractivity contribution < 1.29 is 18.0 Å². The lowest BCUT2D eigenvalue weighted by Gasteiger charge is -2.35. The molecule has 30 heavy (non-hydrogen) atoms. The Labute approximate surface area is 170 Å². The second-order valence-corrected chi connectivity index (χ2v) is 6.83. The van der Waals surface area contributed by atoms with Gasteiger partial charge in [-0.1, -0.05) is 12.1 Å². The summed E-state index contributed by atoms with van der Waals surface area (Å²) in [5.41, 5.74) is -0.159. The molecule has 0 N–H and O–H groups in total. The lowest BCUT2D eigenvalue weighted by molar-refractivity contribution is -0.137. The number of halogens is 3. The Morgan fingerprint density at radius 3 is 2.17 bits per heavy atom. The summed E-state index contributed by atoms with van der Waals surface area (Å²) in [7, 11) is 0. The van der Waals surface area contributed by atoms with Crippen molar-refractivity contribution in [1.82, 2.24) is 29.9 Å². The normalized spacial score (nSPS) is 14.8. The van der Waals surface area contributed by atoms with E-state index in [9.17, 15) is 18.0 Å². The summed E-state index contributed by atoms with van der Waals surface area (Å²) in [5.74, 6) is 1.15. The Bertz CT molecular complexity index is 980. The minimum atomic E-state index is -4.38. The fourth-order valence-corrected chi connectivity index (χ4v) is 3.22. The number of rotatable bonds is 4. The van der Waals surface area contributed by atoms with Gasteiger partial charge in [0.15, 0.2) is 11.6 Å². The number of aromatic nitrogens is 5. The summed E-state index contributed by atoms with van der Waals surface area (Å²) in [5, 5.41) is 12.4. The maximum atomic E-state index is 12.6. The molecule has 1 aromatic carbocycles. The van der Waals surface area contributed by atoms with Crippen LogP contribution in [0.15, 0.2) is 49.1 Å². The van der Waals surface area contributed by atoms with Crippen LogP contribution in [0.5, 0.6) is 0 Å². The number of hydrogen-bond acceptors (Lipinski definition) is 6. The van der Waals surface area contributed by atoms with Gasteiger partial charge < -0.3 is 9.80 Å². The molecule has 0 saturated carbocycles. The van der Waals surface area contributed by atoms with E-state index in [0.717, 1.165) is 12.1 Å². The highest BCUT2D eigenvalue weighted by Gasteiger charge is 2.30. The first kappa shape index (κ1) is 19.8. The standard InChI is InChI=1S/C19H18F3N7O/c20-19(21,22)15-3-1-14(2-4-15)11-18(30)28-9-7-27(8-10-28)16-5-6-17(26-25-16)29-13-23-12-24-29/h1-6,12-13H,7-11H2. The number of alkyl halides is 3. The van der Waals surface area contributed by atoms with Gasteiger partial charge in [-0.25, -0.2) is 9.67 Å². The van der Waals surface area contributed by atoms with E-state index in [1.54, 1.807) is 11.0 Å². The molecular weight excluding hydrogens is 399 g/mol. The van der Waals surface area contributed by atoms with Gasteiger partial charge in [-0.15, -0.1) is 10.2 Å². The zero-order valence-corrected chi connectivity index (χ0v) is 15.8. The van der Waals surface area contributed by atoms with E-state index in [1.807, 2.05) is 11.0 Å². The lowest BCUT2D eigenvalue weighted by atomic mass is 10.1. The van der Waals surface area contributed by atoms with E-state index in [1.165, 1.54) is 29.5 Å². The average Bonchev–Trinajstić information content (AvgIpc) is 3.29. The van der Waals surface area contributed by atoms with Gasteiger partial charge in [-0.05, 0) is 29.8 Å². The fraction of sp³-hybridized carbons (Fsp3) is 0.316. The van der Waals surface area contributed by atoms with Gasteiger partial charge in [0.1, 0.15) is 12.7 Å².